The van der Waals surface area contributed by atoms with E-state index in [4.69, 9.17) is 5.11 Å². The molecule has 1 aliphatic heterocycles. The third-order valence-corrected chi connectivity index (χ3v) is 3.47. The number of aliphatic hydroxyl groups excluding tert-OH is 1. The molecule has 0 saturated carbocycles. The summed E-state index contributed by atoms with van der Waals surface area (Å²) in [7, 11) is 0. The Balaban J connectivity index is 1.91. The highest BCUT2D eigenvalue weighted by Gasteiger charge is 2.20. The highest BCUT2D eigenvalue weighted by Crippen LogP contribution is 2.18. The van der Waals surface area contributed by atoms with Crippen molar-refractivity contribution in [1.29, 1.82) is 0 Å². The Kier molecular flexibility index (Phi) is 4.12. The van der Waals surface area contributed by atoms with Crippen molar-refractivity contribution in [3.8, 4) is 0 Å². The maximum atomic E-state index is 9.11. The van der Waals surface area contributed by atoms with Crippen molar-refractivity contribution in [2.45, 2.75) is 39.3 Å². The van der Waals surface area contributed by atoms with Gasteiger partial charge < -0.3 is 5.11 Å². The summed E-state index contributed by atoms with van der Waals surface area (Å²) in [6.07, 6.45) is 3.81. The van der Waals surface area contributed by atoms with Crippen molar-refractivity contribution >= 4 is 0 Å². The zero-order valence-corrected chi connectivity index (χ0v) is 10.7. The van der Waals surface area contributed by atoms with Crippen LogP contribution in [0.3, 0.4) is 0 Å². The van der Waals surface area contributed by atoms with Crippen molar-refractivity contribution in [1.82, 2.24) is 19.7 Å². The summed E-state index contributed by atoms with van der Waals surface area (Å²) in [6, 6.07) is 0.363. The quantitative estimate of drug-likeness (QED) is 0.852. The molecule has 5 nitrogen and oxygen atoms in total. The second kappa shape index (κ2) is 5.60. The fraction of sp³-hybridized carbons (Fsp3) is 0.833. The zero-order valence-electron chi connectivity index (χ0n) is 10.7. The highest BCUT2D eigenvalue weighted by atomic mass is 16.3. The molecule has 0 aliphatic carbocycles. The molecule has 0 spiro atoms. The molecule has 96 valence electrons. The normalized spacial score (nSPS) is 19.1. The number of aliphatic hydroxyl groups is 1. The second-order valence-electron chi connectivity index (χ2n) is 5.12. The molecule has 1 aliphatic rings. The van der Waals surface area contributed by atoms with E-state index in [1.54, 1.807) is 6.33 Å². The first-order valence-electron chi connectivity index (χ1n) is 6.42. The first kappa shape index (κ1) is 12.5. The van der Waals surface area contributed by atoms with Crippen LogP contribution in [0.15, 0.2) is 6.33 Å². The van der Waals surface area contributed by atoms with E-state index in [1.807, 2.05) is 4.68 Å². The maximum absolute atomic E-state index is 9.11. The van der Waals surface area contributed by atoms with Gasteiger partial charge in [0.05, 0.1) is 6.54 Å². The molecule has 0 amide bonds. The minimum absolute atomic E-state index is 0.329. The summed E-state index contributed by atoms with van der Waals surface area (Å²) in [5, 5.41) is 13.4. The Morgan fingerprint density at radius 1 is 1.41 bits per heavy atom. The van der Waals surface area contributed by atoms with Crippen molar-refractivity contribution in [3.05, 3.63) is 12.2 Å². The topological polar surface area (TPSA) is 54.2 Å². The van der Waals surface area contributed by atoms with E-state index in [9.17, 15) is 0 Å². The molecule has 2 rings (SSSR count). The molecule has 5 heteroatoms. The van der Waals surface area contributed by atoms with Gasteiger partial charge in [0, 0.05) is 12.6 Å². The Labute approximate surface area is 102 Å². The summed E-state index contributed by atoms with van der Waals surface area (Å²) in [5.41, 5.74) is 0. The number of hydrogen-bond acceptors (Lipinski definition) is 4. The van der Waals surface area contributed by atoms with Crippen molar-refractivity contribution in [3.63, 3.8) is 0 Å². The highest BCUT2D eigenvalue weighted by molar-refractivity contribution is 4.87. The number of piperidine rings is 1. The van der Waals surface area contributed by atoms with E-state index in [1.165, 1.54) is 0 Å². The predicted molar refractivity (Wildman–Crippen MR) is 65.5 cm³/mol. The Bertz CT molecular complexity index is 342. The van der Waals surface area contributed by atoms with E-state index < -0.39 is 0 Å². The molecule has 1 N–H and O–H groups in total. The molecule has 0 radical (unpaired) electrons. The molecule has 2 heterocycles. The van der Waals surface area contributed by atoms with E-state index in [0.29, 0.717) is 18.6 Å². The number of hydrogen-bond donors (Lipinski definition) is 1. The van der Waals surface area contributed by atoms with E-state index in [2.05, 4.69) is 28.8 Å². The van der Waals surface area contributed by atoms with Gasteiger partial charge in [-0.15, -0.1) is 0 Å². The summed E-state index contributed by atoms with van der Waals surface area (Å²) in [5.74, 6) is 1.54. The number of rotatable bonds is 4. The van der Waals surface area contributed by atoms with Gasteiger partial charge in [-0.1, -0.05) is 0 Å². The molecule has 0 atom stereocenters. The summed E-state index contributed by atoms with van der Waals surface area (Å²) in [6.45, 7) is 7.55. The molecule has 1 aromatic heterocycles. The van der Waals surface area contributed by atoms with Crippen molar-refractivity contribution < 1.29 is 5.11 Å². The average molecular weight is 238 g/mol. The van der Waals surface area contributed by atoms with Crippen molar-refractivity contribution in [2.24, 2.45) is 5.92 Å². The third kappa shape index (κ3) is 3.04. The molecular weight excluding hydrogens is 216 g/mol. The smallest absolute Gasteiger partial charge is 0.141 e. The fourth-order valence-corrected chi connectivity index (χ4v) is 2.35. The monoisotopic (exact) mass is 238 g/mol. The van der Waals surface area contributed by atoms with Gasteiger partial charge in [-0.05, 0) is 45.7 Å². The van der Waals surface area contributed by atoms with Gasteiger partial charge in [-0.3, -0.25) is 4.90 Å². The Morgan fingerprint density at radius 3 is 2.71 bits per heavy atom. The summed E-state index contributed by atoms with van der Waals surface area (Å²) >= 11 is 0. The minimum atomic E-state index is 0.329. The van der Waals surface area contributed by atoms with Gasteiger partial charge in [0.25, 0.3) is 0 Å². The lowest BCUT2D eigenvalue weighted by Gasteiger charge is -2.30. The molecule has 0 bridgehead atoms. The van der Waals surface area contributed by atoms with Gasteiger partial charge in [0.2, 0.25) is 0 Å². The van der Waals surface area contributed by atoms with Gasteiger partial charge in [-0.25, -0.2) is 9.67 Å². The average Bonchev–Trinajstić information content (AvgIpc) is 2.78. The van der Waals surface area contributed by atoms with Gasteiger partial charge in [-0.2, -0.15) is 5.10 Å². The zero-order chi connectivity index (χ0) is 12.3. The van der Waals surface area contributed by atoms with Crippen LogP contribution in [0.2, 0.25) is 0 Å². The van der Waals surface area contributed by atoms with Crippen LogP contribution in [0, 0.1) is 5.92 Å². The van der Waals surface area contributed by atoms with Crippen LogP contribution in [0.4, 0.5) is 0 Å². The van der Waals surface area contributed by atoms with Crippen LogP contribution >= 0.6 is 0 Å². The SMILES string of the molecule is CC(C)n1ncnc1CN1CCC(CO)CC1. The minimum Gasteiger partial charge on any atom is -0.396 e. The van der Waals surface area contributed by atoms with Gasteiger partial charge in [0.1, 0.15) is 12.2 Å². The Hall–Kier alpha value is -0.940. The summed E-state index contributed by atoms with van der Waals surface area (Å²) in [4.78, 5) is 6.73. The standard InChI is InChI=1S/C12H22N4O/c1-10(2)16-12(13-9-14-16)7-15-5-3-11(8-17)4-6-15/h9-11,17H,3-8H2,1-2H3. The molecule has 0 unspecified atom stereocenters. The Morgan fingerprint density at radius 2 is 2.12 bits per heavy atom. The number of nitrogens with zero attached hydrogens (tertiary/aromatic N) is 4. The van der Waals surface area contributed by atoms with Crippen LogP contribution in [0.5, 0.6) is 0 Å². The lowest BCUT2D eigenvalue weighted by Crippen LogP contribution is -2.35. The van der Waals surface area contributed by atoms with Crippen LogP contribution < -0.4 is 0 Å². The van der Waals surface area contributed by atoms with Crippen LogP contribution in [0.25, 0.3) is 0 Å². The van der Waals surface area contributed by atoms with E-state index >= 15 is 0 Å². The van der Waals surface area contributed by atoms with E-state index in [0.717, 1.165) is 38.3 Å². The lowest BCUT2D eigenvalue weighted by atomic mass is 9.98. The van der Waals surface area contributed by atoms with Crippen molar-refractivity contribution in [2.75, 3.05) is 19.7 Å². The van der Waals surface area contributed by atoms with Crippen LogP contribution in [0.1, 0.15) is 38.6 Å². The van der Waals surface area contributed by atoms with Crippen LogP contribution in [-0.2, 0) is 6.54 Å². The molecule has 1 saturated heterocycles. The van der Waals surface area contributed by atoms with E-state index in [-0.39, 0.29) is 0 Å². The largest absolute Gasteiger partial charge is 0.396 e. The number of aromatic nitrogens is 3. The maximum Gasteiger partial charge on any atom is 0.141 e. The molecular formula is C12H22N4O. The van der Waals surface area contributed by atoms with Gasteiger partial charge >= 0.3 is 0 Å². The van der Waals surface area contributed by atoms with Crippen LogP contribution in [-0.4, -0.2) is 44.5 Å². The molecule has 17 heavy (non-hydrogen) atoms. The molecule has 1 fully saturated rings. The second-order valence-corrected chi connectivity index (χ2v) is 5.12. The third-order valence-electron chi connectivity index (χ3n) is 3.47. The molecule has 0 aromatic carbocycles. The first-order chi connectivity index (χ1) is 8.20. The fourth-order valence-electron chi connectivity index (χ4n) is 2.35. The van der Waals surface area contributed by atoms with Gasteiger partial charge in [0.15, 0.2) is 0 Å². The summed E-state index contributed by atoms with van der Waals surface area (Å²) < 4.78 is 1.98. The predicted octanol–water partition coefficient (Wildman–Crippen LogP) is 1.06. The molecule has 1 aromatic rings. The lowest BCUT2D eigenvalue weighted by molar-refractivity contribution is 0.124. The number of likely N-dealkylation sites (tertiary alicyclic amines) is 1. The first-order valence-corrected chi connectivity index (χ1v) is 6.42.